The largest absolute Gasteiger partial charge is 0.493 e. The molecule has 1 aromatic heterocycles. The number of carbonyl (C=O) groups excluding carboxylic acids is 2. The van der Waals surface area contributed by atoms with Crippen LogP contribution in [0.3, 0.4) is 0 Å². The molecule has 18 heteroatoms. The molecule has 73 heavy (non-hydrogen) atoms. The van der Waals surface area contributed by atoms with E-state index in [1.165, 1.54) is 11.1 Å². The Hall–Kier alpha value is -5.50. The molecule has 3 aromatic rings. The average Bonchev–Trinajstić information content (AvgIpc) is 3.95. The maximum Gasteiger partial charge on any atom is 0.257 e. The summed E-state index contributed by atoms with van der Waals surface area (Å²) < 4.78 is 43.0. The molecule has 0 saturated carbocycles. The molecule has 5 heterocycles. The number of methoxy groups -OCH3 is 2. The van der Waals surface area contributed by atoms with E-state index in [0.29, 0.717) is 115 Å². The van der Waals surface area contributed by atoms with Crippen molar-refractivity contribution in [3.63, 3.8) is 0 Å². The number of hydrogen-bond donors (Lipinski definition) is 0. The summed E-state index contributed by atoms with van der Waals surface area (Å²) in [4.78, 5) is 52.5. The van der Waals surface area contributed by atoms with Crippen molar-refractivity contribution in [2.24, 2.45) is 9.98 Å². The number of nitrogens with zero attached hydrogens (tertiary/aromatic N) is 8. The van der Waals surface area contributed by atoms with Crippen LogP contribution < -0.4 is 23.7 Å². The lowest BCUT2D eigenvalue weighted by Crippen LogP contribution is -2.37. The number of fused-ring (bicyclic) bond motifs is 4. The molecule has 4 aliphatic heterocycles. The number of hydrogen-bond acceptors (Lipinski definition) is 16. The Kier molecular flexibility index (Phi) is 19.8. The van der Waals surface area contributed by atoms with Crippen molar-refractivity contribution in [3.8, 4) is 28.7 Å². The number of aromatic nitrogens is 1. The van der Waals surface area contributed by atoms with Crippen molar-refractivity contribution in [2.75, 3.05) is 127 Å². The monoisotopic (exact) mass is 1020 g/mol. The summed E-state index contributed by atoms with van der Waals surface area (Å²) in [6, 6.07) is 10.4. The number of rotatable bonds is 27. The van der Waals surface area contributed by atoms with Crippen LogP contribution >= 0.6 is 11.8 Å². The zero-order valence-electron chi connectivity index (χ0n) is 44.6. The number of aliphatic imine (C=N–C) groups is 2. The minimum Gasteiger partial charge on any atom is -0.493 e. The quantitative estimate of drug-likeness (QED) is 0.0552. The Balaban J connectivity index is 1.04. The van der Waals surface area contributed by atoms with Gasteiger partial charge >= 0.3 is 0 Å². The van der Waals surface area contributed by atoms with Crippen molar-refractivity contribution in [1.29, 1.82) is 0 Å². The Bertz CT molecular complexity index is 2380. The second-order valence-corrected chi connectivity index (χ2v) is 21.2. The van der Waals surface area contributed by atoms with Crippen LogP contribution in [0.4, 0.5) is 11.4 Å². The molecular formula is C55H76N8O9S. The van der Waals surface area contributed by atoms with Crippen LogP contribution in [-0.2, 0) is 22.7 Å². The maximum absolute atomic E-state index is 13.8. The molecule has 4 aliphatic rings. The fourth-order valence-electron chi connectivity index (χ4n) is 9.18. The number of pyridine rings is 1. The zero-order chi connectivity index (χ0) is 52.1. The lowest BCUT2D eigenvalue weighted by atomic mass is 10.1. The Morgan fingerprint density at radius 3 is 1.64 bits per heavy atom. The van der Waals surface area contributed by atoms with Crippen molar-refractivity contribution in [3.05, 3.63) is 82.2 Å². The van der Waals surface area contributed by atoms with E-state index in [1.807, 2.05) is 60.0 Å². The first-order chi connectivity index (χ1) is 35.2. The fraction of sp³-hybridized carbons (Fsp3) is 0.545. The minimum absolute atomic E-state index is 0.0465. The van der Waals surface area contributed by atoms with Gasteiger partial charge in [-0.1, -0.05) is 23.3 Å². The summed E-state index contributed by atoms with van der Waals surface area (Å²) in [5, 5.41) is 0. The maximum atomic E-state index is 13.8. The van der Waals surface area contributed by atoms with Crippen molar-refractivity contribution >= 4 is 47.4 Å². The number of thioether (sulfide) groups is 1. The Morgan fingerprint density at radius 2 is 1.16 bits per heavy atom. The standard InChI is InChI=1S/C55H76N8O9S/c1-11-38-23-42-31-56-47-29-51(49(66-8)27-45(47)53(64)62(42)33-38)71-35-40-25-44(70-20-17-61(14-13-59(5)6)16-19-69-22-21-68-18-15-60(7)37-55(3,4)73-10)26-41(58-40)36-72-52-30-48-46(28-50(52)67-9)54(65)63-34-39(12-2)24-43(63)32-57-48/h11-12,25-32,42-43H,13-24,33-37H2,1-10H3/b38-11+,39-12+/t42-,43?/m0/s1. The first kappa shape index (κ1) is 55.3. The molecule has 7 rings (SSSR count). The van der Waals surface area contributed by atoms with Crippen LogP contribution in [-0.4, -0.2) is 198 Å². The lowest BCUT2D eigenvalue weighted by molar-refractivity contribution is 0.0310. The second kappa shape index (κ2) is 26.1. The number of allylic oxidation sites excluding steroid dienone is 2. The van der Waals surface area contributed by atoms with E-state index in [0.717, 1.165) is 45.6 Å². The third-order valence-electron chi connectivity index (χ3n) is 13.6. The lowest BCUT2D eigenvalue weighted by Gasteiger charge is -2.28. The number of carbonyl (C=O) groups is 2. The molecule has 2 atom stereocenters. The van der Waals surface area contributed by atoms with E-state index in [2.05, 4.69) is 68.1 Å². The fourth-order valence-corrected chi connectivity index (χ4v) is 9.53. The molecule has 0 aliphatic carbocycles. The van der Waals surface area contributed by atoms with E-state index in [-0.39, 0.29) is 41.9 Å². The highest BCUT2D eigenvalue weighted by Gasteiger charge is 2.36. The van der Waals surface area contributed by atoms with Gasteiger partial charge < -0.3 is 52.8 Å². The van der Waals surface area contributed by atoms with Crippen LogP contribution in [0.2, 0.25) is 0 Å². The van der Waals surface area contributed by atoms with Crippen molar-refractivity contribution < 1.29 is 42.7 Å². The third kappa shape index (κ3) is 14.8. The summed E-state index contributed by atoms with van der Waals surface area (Å²) in [6.07, 6.45) is 11.5. The molecule has 2 aromatic carbocycles. The molecule has 0 bridgehead atoms. The van der Waals surface area contributed by atoms with E-state index < -0.39 is 0 Å². The van der Waals surface area contributed by atoms with E-state index in [1.54, 1.807) is 38.5 Å². The highest BCUT2D eigenvalue weighted by Crippen LogP contribution is 2.41. The van der Waals surface area contributed by atoms with Gasteiger partial charge in [-0.05, 0) is 80.1 Å². The van der Waals surface area contributed by atoms with Gasteiger partial charge in [0.1, 0.15) is 25.6 Å². The summed E-state index contributed by atoms with van der Waals surface area (Å²) in [6.45, 7) is 17.5. The number of amides is 2. The minimum atomic E-state index is -0.108. The van der Waals surface area contributed by atoms with Gasteiger partial charge in [0.25, 0.3) is 11.8 Å². The molecule has 0 radical (unpaired) electrons. The molecule has 2 saturated heterocycles. The smallest absolute Gasteiger partial charge is 0.257 e. The van der Waals surface area contributed by atoms with Gasteiger partial charge in [-0.3, -0.25) is 29.5 Å². The van der Waals surface area contributed by atoms with Crippen LogP contribution in [0.1, 0.15) is 72.6 Å². The van der Waals surface area contributed by atoms with Crippen LogP contribution in [0, 0.1) is 0 Å². The molecule has 396 valence electrons. The molecule has 2 amide bonds. The van der Waals surface area contributed by atoms with E-state index in [4.69, 9.17) is 48.1 Å². The first-order valence-electron chi connectivity index (χ1n) is 25.3. The van der Waals surface area contributed by atoms with Crippen LogP contribution in [0.5, 0.6) is 28.7 Å². The Labute approximate surface area is 436 Å². The molecular weight excluding hydrogens is 949 g/mol. The predicted molar refractivity (Wildman–Crippen MR) is 289 cm³/mol. The first-order valence-corrected chi connectivity index (χ1v) is 26.5. The van der Waals surface area contributed by atoms with Crippen molar-refractivity contribution in [1.82, 2.24) is 29.5 Å². The van der Waals surface area contributed by atoms with Gasteiger partial charge in [0.05, 0.1) is 86.6 Å². The van der Waals surface area contributed by atoms with E-state index in [9.17, 15) is 9.59 Å². The summed E-state index contributed by atoms with van der Waals surface area (Å²) in [7, 11) is 9.38. The average molecular weight is 1030 g/mol. The normalized spacial score (nSPS) is 18.4. The summed E-state index contributed by atoms with van der Waals surface area (Å²) in [5.74, 6) is 2.05. The van der Waals surface area contributed by atoms with Gasteiger partial charge in [-0.15, -0.1) is 0 Å². The van der Waals surface area contributed by atoms with Gasteiger partial charge in [0, 0.05) is 93.8 Å². The van der Waals surface area contributed by atoms with Gasteiger partial charge in [-0.2, -0.15) is 11.8 Å². The molecule has 0 N–H and O–H groups in total. The molecule has 17 nitrogen and oxygen atoms in total. The van der Waals surface area contributed by atoms with Crippen molar-refractivity contribution in [2.45, 2.75) is 70.6 Å². The second-order valence-electron chi connectivity index (χ2n) is 19.7. The number of ether oxygens (including phenoxy) is 7. The summed E-state index contributed by atoms with van der Waals surface area (Å²) >= 11 is 1.87. The van der Waals surface area contributed by atoms with Gasteiger partial charge in [-0.25, -0.2) is 0 Å². The van der Waals surface area contributed by atoms with Crippen LogP contribution in [0.15, 0.2) is 69.7 Å². The number of benzene rings is 2. The molecule has 1 unspecified atom stereocenters. The SMILES string of the molecule is C/C=C1\CC2C=Nc3cc(OCc4cc(OCCN(CCOCCOCCN(C)CC(C)(C)SC)CCN(C)C)cc(COc5cc6c(cc5OC)C(=O)N5C/C(=C/C)C[C@H]5C=N6)n4)c(OC)cc3C(=O)N2C1. The highest BCUT2D eigenvalue weighted by atomic mass is 32.2. The third-order valence-corrected chi connectivity index (χ3v) is 14.8. The van der Waals surface area contributed by atoms with Gasteiger partial charge in [0.15, 0.2) is 23.0 Å². The van der Waals surface area contributed by atoms with E-state index >= 15 is 0 Å². The Morgan fingerprint density at radius 1 is 0.658 bits per heavy atom. The molecule has 0 spiro atoms. The highest BCUT2D eigenvalue weighted by molar-refractivity contribution is 7.99. The summed E-state index contributed by atoms with van der Waals surface area (Å²) in [5.41, 5.74) is 5.52. The number of likely N-dealkylation sites (N-methyl/N-ethyl adjacent to an activating group) is 2. The predicted octanol–water partition coefficient (Wildman–Crippen LogP) is 7.36. The molecule has 2 fully saturated rings. The van der Waals surface area contributed by atoms with Gasteiger partial charge in [0.2, 0.25) is 0 Å². The van der Waals surface area contributed by atoms with Crippen LogP contribution in [0.25, 0.3) is 0 Å². The zero-order valence-corrected chi connectivity index (χ0v) is 45.4. The topological polar surface area (TPSA) is 153 Å².